The number of fused-ring (bicyclic) bond motifs is 5. The zero-order chi connectivity index (χ0) is 24.3. The summed E-state index contributed by atoms with van der Waals surface area (Å²) in [6.07, 6.45) is -0.0398. The van der Waals surface area contributed by atoms with E-state index in [0.29, 0.717) is 12.5 Å². The van der Waals surface area contributed by atoms with E-state index >= 15 is 0 Å². The first-order valence-corrected chi connectivity index (χ1v) is 12.2. The molecule has 184 valence electrons. The third-order valence-corrected chi connectivity index (χ3v) is 7.82. The summed E-state index contributed by atoms with van der Waals surface area (Å²) in [5, 5.41) is 4.86. The van der Waals surface area contributed by atoms with Crippen molar-refractivity contribution >= 4 is 16.9 Å². The lowest BCUT2D eigenvalue weighted by atomic mass is 9.79. The Morgan fingerprint density at radius 1 is 1.03 bits per heavy atom. The van der Waals surface area contributed by atoms with Crippen LogP contribution in [0.4, 0.5) is 13.2 Å². The van der Waals surface area contributed by atoms with Gasteiger partial charge in [0, 0.05) is 41.1 Å². The monoisotopic (exact) mass is 483 g/mol. The summed E-state index contributed by atoms with van der Waals surface area (Å²) in [5.41, 5.74) is 3.40. The molecule has 2 N–H and O–H groups in total. The summed E-state index contributed by atoms with van der Waals surface area (Å²) in [7, 11) is 1.40. The van der Waals surface area contributed by atoms with Gasteiger partial charge in [-0.05, 0) is 55.0 Å². The number of rotatable bonds is 4. The zero-order valence-electron chi connectivity index (χ0n) is 19.4. The summed E-state index contributed by atoms with van der Waals surface area (Å²) in [5.74, 6) is -0.309. The molecule has 0 radical (unpaired) electrons. The molecule has 3 aromatic rings. The Morgan fingerprint density at radius 2 is 1.74 bits per heavy atom. The molecule has 0 amide bonds. The van der Waals surface area contributed by atoms with Crippen molar-refractivity contribution in [2.24, 2.45) is 0 Å². The third kappa shape index (κ3) is 4.02. The van der Waals surface area contributed by atoms with Gasteiger partial charge in [-0.15, -0.1) is 0 Å². The number of para-hydroxylation sites is 1. The Kier molecular flexibility index (Phi) is 5.41. The van der Waals surface area contributed by atoms with E-state index in [4.69, 9.17) is 4.74 Å². The highest BCUT2D eigenvalue weighted by Gasteiger charge is 2.49. The van der Waals surface area contributed by atoms with Gasteiger partial charge >= 0.3 is 12.1 Å². The molecule has 0 unspecified atom stereocenters. The number of hydrogen-bond donors (Lipinski definition) is 2. The molecule has 1 aliphatic carbocycles. The minimum atomic E-state index is -4.39. The van der Waals surface area contributed by atoms with Crippen molar-refractivity contribution in [3.8, 4) is 0 Å². The predicted molar refractivity (Wildman–Crippen MR) is 126 cm³/mol. The Hall–Kier alpha value is -2.84. The topological polar surface area (TPSA) is 57.4 Å². The lowest BCUT2D eigenvalue weighted by Crippen LogP contribution is -2.55. The molecule has 1 saturated heterocycles. The van der Waals surface area contributed by atoms with Crippen LogP contribution in [0.2, 0.25) is 0 Å². The van der Waals surface area contributed by atoms with Crippen LogP contribution >= 0.6 is 0 Å². The molecule has 2 aromatic carbocycles. The van der Waals surface area contributed by atoms with Crippen molar-refractivity contribution in [3.63, 3.8) is 0 Å². The number of aromatic nitrogens is 1. The van der Waals surface area contributed by atoms with Gasteiger partial charge in [-0.2, -0.15) is 13.2 Å². The minimum Gasteiger partial charge on any atom is -0.468 e. The number of carbonyl (C=O) groups excluding carboxylic acids is 1. The molecular weight excluding hydrogens is 455 g/mol. The number of halogens is 3. The number of esters is 1. The standard InChI is InChI=1S/C27H28F3N3O2/c1-35-26(34)24-14-20-19-4-2-3-5-21(19)32-25(20)23-13-18(31-17-10-11-17)12-22(33(23)24)15-6-8-16(9-7-15)27(28,29)30/h2-9,17-18,22-24,31-32H,10-14H2,1H3/t18-,22+,23-,24+/m1/s1. The van der Waals surface area contributed by atoms with E-state index in [1.165, 1.54) is 7.11 Å². The number of nitrogens with one attached hydrogen (secondary N) is 2. The van der Waals surface area contributed by atoms with Gasteiger partial charge in [0.25, 0.3) is 0 Å². The Bertz CT molecular complexity index is 1250. The van der Waals surface area contributed by atoms with Gasteiger partial charge in [0.1, 0.15) is 6.04 Å². The number of aromatic amines is 1. The largest absolute Gasteiger partial charge is 0.468 e. The SMILES string of the molecule is COC(=O)[C@@H]1Cc2c([nH]c3ccccc23)[C@H]2C[C@H](NC3CC3)C[C@@H](c3ccc(C(F)(F)F)cc3)N21. The molecule has 0 spiro atoms. The summed E-state index contributed by atoms with van der Waals surface area (Å²) in [6, 6.07) is 13.4. The van der Waals surface area contributed by atoms with Crippen LogP contribution in [-0.2, 0) is 22.1 Å². The van der Waals surface area contributed by atoms with E-state index in [1.807, 2.05) is 18.2 Å². The van der Waals surface area contributed by atoms with Crippen LogP contribution < -0.4 is 5.32 Å². The summed E-state index contributed by atoms with van der Waals surface area (Å²) < 4.78 is 44.9. The average Bonchev–Trinajstić information content (AvgIpc) is 3.59. The lowest BCUT2D eigenvalue weighted by molar-refractivity contribution is -0.152. The van der Waals surface area contributed by atoms with Crippen LogP contribution in [0.1, 0.15) is 60.2 Å². The Balaban J connectivity index is 1.46. The molecule has 2 aliphatic heterocycles. The van der Waals surface area contributed by atoms with Gasteiger partial charge in [-0.25, -0.2) is 0 Å². The second-order valence-electron chi connectivity index (χ2n) is 10.0. The predicted octanol–water partition coefficient (Wildman–Crippen LogP) is 5.28. The van der Waals surface area contributed by atoms with Crippen molar-refractivity contribution in [1.29, 1.82) is 0 Å². The van der Waals surface area contributed by atoms with Gasteiger partial charge in [0.05, 0.1) is 18.7 Å². The molecule has 8 heteroatoms. The average molecular weight is 484 g/mol. The first-order chi connectivity index (χ1) is 16.8. The van der Waals surface area contributed by atoms with Crippen LogP contribution in [0.25, 0.3) is 10.9 Å². The van der Waals surface area contributed by atoms with Crippen molar-refractivity contribution in [2.45, 2.75) is 68.5 Å². The van der Waals surface area contributed by atoms with Crippen molar-refractivity contribution in [3.05, 3.63) is 70.9 Å². The number of benzene rings is 2. The summed E-state index contributed by atoms with van der Waals surface area (Å²) in [6.45, 7) is 0. The molecule has 3 heterocycles. The number of H-pyrrole nitrogens is 1. The fourth-order valence-corrected chi connectivity index (χ4v) is 6.08. The molecule has 3 aliphatic rings. The second-order valence-corrected chi connectivity index (χ2v) is 10.0. The molecule has 1 aromatic heterocycles. The number of hydrogen-bond acceptors (Lipinski definition) is 4. The minimum absolute atomic E-state index is 0.0763. The molecule has 2 fully saturated rings. The van der Waals surface area contributed by atoms with E-state index in [0.717, 1.165) is 65.5 Å². The van der Waals surface area contributed by atoms with Gasteiger partial charge in [0.2, 0.25) is 0 Å². The van der Waals surface area contributed by atoms with Gasteiger partial charge in [-0.1, -0.05) is 30.3 Å². The third-order valence-electron chi connectivity index (χ3n) is 7.82. The number of ether oxygens (including phenoxy) is 1. The number of alkyl halides is 3. The molecule has 4 atom stereocenters. The fraction of sp³-hybridized carbons (Fsp3) is 0.444. The van der Waals surface area contributed by atoms with Crippen molar-refractivity contribution < 1.29 is 22.7 Å². The Morgan fingerprint density at radius 3 is 2.43 bits per heavy atom. The van der Waals surface area contributed by atoms with Crippen molar-refractivity contribution in [2.75, 3.05) is 7.11 Å². The number of carbonyl (C=O) groups is 1. The number of piperidine rings is 1. The number of methoxy groups -OCH3 is 1. The van der Waals surface area contributed by atoms with Gasteiger partial charge in [-0.3, -0.25) is 9.69 Å². The highest BCUT2D eigenvalue weighted by molar-refractivity contribution is 5.87. The fourth-order valence-electron chi connectivity index (χ4n) is 6.08. The second kappa shape index (κ2) is 8.38. The van der Waals surface area contributed by atoms with E-state index in [1.54, 1.807) is 12.1 Å². The molecule has 35 heavy (non-hydrogen) atoms. The lowest BCUT2D eigenvalue weighted by Gasteiger charge is -2.51. The van der Waals surface area contributed by atoms with Crippen LogP contribution in [0.5, 0.6) is 0 Å². The van der Waals surface area contributed by atoms with Gasteiger partial charge < -0.3 is 15.0 Å². The van der Waals surface area contributed by atoms with Gasteiger partial charge in [0.15, 0.2) is 0 Å². The highest BCUT2D eigenvalue weighted by Crippen LogP contribution is 2.49. The first kappa shape index (κ1) is 22.6. The molecule has 6 rings (SSSR count). The molecular formula is C27H28F3N3O2. The number of nitrogens with zero attached hydrogens (tertiary/aromatic N) is 1. The maximum absolute atomic E-state index is 13.2. The quantitative estimate of drug-likeness (QED) is 0.496. The normalized spacial score (nSPS) is 26.9. The molecule has 0 bridgehead atoms. The van der Waals surface area contributed by atoms with E-state index in [-0.39, 0.29) is 24.1 Å². The zero-order valence-corrected chi connectivity index (χ0v) is 19.4. The van der Waals surface area contributed by atoms with E-state index < -0.39 is 17.8 Å². The smallest absolute Gasteiger partial charge is 0.416 e. The summed E-state index contributed by atoms with van der Waals surface area (Å²) >= 11 is 0. The van der Waals surface area contributed by atoms with E-state index in [2.05, 4.69) is 21.3 Å². The van der Waals surface area contributed by atoms with Crippen LogP contribution in [0.15, 0.2) is 48.5 Å². The van der Waals surface area contributed by atoms with E-state index in [9.17, 15) is 18.0 Å². The highest BCUT2D eigenvalue weighted by atomic mass is 19.4. The maximum atomic E-state index is 13.2. The van der Waals surface area contributed by atoms with Crippen molar-refractivity contribution in [1.82, 2.24) is 15.2 Å². The maximum Gasteiger partial charge on any atom is 0.416 e. The summed E-state index contributed by atoms with van der Waals surface area (Å²) in [4.78, 5) is 18.9. The van der Waals surface area contributed by atoms with Crippen LogP contribution in [0, 0.1) is 0 Å². The Labute approximate surface area is 201 Å². The van der Waals surface area contributed by atoms with Crippen LogP contribution in [-0.4, -0.2) is 41.1 Å². The van der Waals surface area contributed by atoms with Crippen LogP contribution in [0.3, 0.4) is 0 Å². The molecule has 1 saturated carbocycles. The first-order valence-electron chi connectivity index (χ1n) is 12.2. The molecule has 5 nitrogen and oxygen atoms in total.